The summed E-state index contributed by atoms with van der Waals surface area (Å²) in [6.45, 7) is 0. The summed E-state index contributed by atoms with van der Waals surface area (Å²) in [6.07, 6.45) is 0. The van der Waals surface area contributed by atoms with Crippen molar-refractivity contribution in [2.45, 2.75) is 6.04 Å². The first kappa shape index (κ1) is 7.97. The molecule has 0 aliphatic rings. The molecule has 0 nitrogen and oxygen atoms in total. The molecule has 47 valence electrons. The molecule has 0 aliphatic carbocycles. The van der Waals surface area contributed by atoms with Crippen LogP contribution in [0.5, 0.6) is 0 Å². The normalized spacial score (nSPS) is 9.70. The Morgan fingerprint density at radius 2 is 1.90 bits per heavy atom. The number of benzene rings is 1. The molecule has 0 aromatic heterocycles. The molecule has 1 rings (SSSR count). The van der Waals surface area contributed by atoms with Gasteiger partial charge in [-0.25, -0.2) is 0 Å². The summed E-state index contributed by atoms with van der Waals surface area (Å²) in [5, 5.41) is 0. The molecule has 1 aromatic carbocycles. The summed E-state index contributed by atoms with van der Waals surface area (Å²) < 4.78 is 0. The van der Waals surface area contributed by atoms with E-state index in [1.54, 1.807) is 0 Å². The molecule has 3 heteroatoms. The Hall–Kier alpha value is -0.129. The quantitative estimate of drug-likeness (QED) is 0.590. The lowest BCUT2D eigenvalue weighted by Gasteiger charge is -1.95. The van der Waals surface area contributed by atoms with E-state index in [4.69, 9.17) is 0 Å². The topological polar surface area (TPSA) is 0 Å². The molecule has 0 aliphatic heterocycles. The minimum atomic E-state index is 0.917. The molecular weight excluding hydrogens is 168 g/mol. The van der Waals surface area contributed by atoms with Crippen molar-refractivity contribution >= 4 is 27.4 Å². The predicted molar refractivity (Wildman–Crippen MR) is 47.4 cm³/mol. The van der Waals surface area contributed by atoms with E-state index in [-0.39, 0.29) is 0 Å². The lowest BCUT2D eigenvalue weighted by Crippen LogP contribution is -2.06. The van der Waals surface area contributed by atoms with Crippen LogP contribution in [0.3, 0.4) is 0 Å². The van der Waals surface area contributed by atoms with E-state index in [0.717, 1.165) is 17.6 Å². The predicted octanol–water partition coefficient (Wildman–Crippen LogP) is 0.593. The monoisotopic (exact) mass is 175 g/mol. The van der Waals surface area contributed by atoms with Crippen molar-refractivity contribution in [3.05, 3.63) is 35.9 Å². The zero-order chi connectivity index (χ0) is 7.23. The van der Waals surface area contributed by atoms with E-state index < -0.39 is 0 Å². The highest BCUT2D eigenvalue weighted by molar-refractivity contribution is 7.23. The molecule has 0 saturated heterocycles. The maximum absolute atomic E-state index is 3.49. The van der Waals surface area contributed by atoms with Crippen LogP contribution in [0.2, 0.25) is 0 Å². The van der Waals surface area contributed by atoms with E-state index in [1.807, 2.05) is 0 Å². The minimum absolute atomic E-state index is 0.917. The van der Waals surface area contributed by atoms with Gasteiger partial charge in [0.05, 0.1) is 0 Å². The maximum Gasteiger partial charge on any atom is 0.0238 e. The summed E-state index contributed by atoms with van der Waals surface area (Å²) in [4.78, 5) is 0. The Labute approximate surface area is 69.7 Å². The van der Waals surface area contributed by atoms with E-state index >= 15 is 0 Å². The van der Waals surface area contributed by atoms with Gasteiger partial charge in [0, 0.05) is 27.4 Å². The molecule has 0 saturated carbocycles. The van der Waals surface area contributed by atoms with Gasteiger partial charge in [-0.2, -0.15) is 0 Å². The largest absolute Gasteiger partial charge is 0.0622 e. The molecular formula is C7H7Si3. The number of hydrogen-bond acceptors (Lipinski definition) is 0. The van der Waals surface area contributed by atoms with Crippen molar-refractivity contribution in [3.63, 3.8) is 0 Å². The number of hydrogen-bond donors (Lipinski definition) is 0. The zero-order valence-electron chi connectivity index (χ0n) is 5.59. The van der Waals surface area contributed by atoms with Gasteiger partial charge < -0.3 is 0 Å². The highest BCUT2D eigenvalue weighted by Crippen LogP contribution is 1.96. The average Bonchev–Trinajstić information content (AvgIpc) is 2.03. The van der Waals surface area contributed by atoms with Gasteiger partial charge in [-0.05, 0) is 6.04 Å². The Balaban J connectivity index is 2.43. The third kappa shape index (κ3) is 2.64. The highest BCUT2D eigenvalue weighted by Gasteiger charge is 1.88. The molecule has 0 heterocycles. The summed E-state index contributed by atoms with van der Waals surface area (Å²) in [6, 6.07) is 11.8. The van der Waals surface area contributed by atoms with Crippen LogP contribution in [0.4, 0.5) is 0 Å². The third-order valence-electron chi connectivity index (χ3n) is 1.22. The van der Waals surface area contributed by atoms with Gasteiger partial charge in [0.25, 0.3) is 0 Å². The Kier molecular flexibility index (Phi) is 3.71. The van der Waals surface area contributed by atoms with Crippen LogP contribution in [0, 0.1) is 0 Å². The standard InChI is InChI=1S/C7H7Si3/c8-10-9-6-7-4-2-1-3-5-7/h1-5H,6H2. The van der Waals surface area contributed by atoms with Crippen molar-refractivity contribution in [3.8, 4) is 0 Å². The van der Waals surface area contributed by atoms with Crippen molar-refractivity contribution in [2.75, 3.05) is 0 Å². The lowest BCUT2D eigenvalue weighted by atomic mass is 10.2. The van der Waals surface area contributed by atoms with Crippen LogP contribution in [-0.2, 0) is 6.04 Å². The van der Waals surface area contributed by atoms with Crippen LogP contribution in [0.1, 0.15) is 5.56 Å². The second-order valence-corrected chi connectivity index (χ2v) is 6.98. The first-order chi connectivity index (χ1) is 4.93. The Morgan fingerprint density at radius 3 is 2.50 bits per heavy atom. The Bertz CT molecular complexity index is 173. The van der Waals surface area contributed by atoms with E-state index in [9.17, 15) is 0 Å². The van der Waals surface area contributed by atoms with Crippen LogP contribution in [-0.4, -0.2) is 27.4 Å². The van der Waals surface area contributed by atoms with Gasteiger partial charge in [-0.15, -0.1) is 0 Å². The van der Waals surface area contributed by atoms with Gasteiger partial charge >= 0.3 is 0 Å². The van der Waals surface area contributed by atoms with Crippen LogP contribution >= 0.6 is 0 Å². The van der Waals surface area contributed by atoms with Crippen LogP contribution < -0.4 is 0 Å². The first-order valence-corrected chi connectivity index (χ1v) is 7.82. The molecule has 10 heavy (non-hydrogen) atoms. The Morgan fingerprint density at radius 1 is 1.20 bits per heavy atom. The van der Waals surface area contributed by atoms with E-state index in [2.05, 4.69) is 40.1 Å². The maximum atomic E-state index is 3.49. The molecule has 0 amide bonds. The van der Waals surface area contributed by atoms with Crippen molar-refractivity contribution < 1.29 is 0 Å². The van der Waals surface area contributed by atoms with Crippen molar-refractivity contribution in [1.82, 2.24) is 0 Å². The summed E-state index contributed by atoms with van der Waals surface area (Å²) in [5.41, 5.74) is 1.45. The third-order valence-corrected chi connectivity index (χ3v) is 4.64. The second kappa shape index (κ2) is 4.65. The van der Waals surface area contributed by atoms with Gasteiger partial charge in [-0.1, -0.05) is 35.9 Å². The van der Waals surface area contributed by atoms with E-state index in [0.29, 0.717) is 0 Å². The summed E-state index contributed by atoms with van der Waals surface area (Å²) >= 11 is 0. The SMILES string of the molecule is [Si][Si][Si]Cc1ccccc1. The average molecular weight is 175 g/mol. The second-order valence-electron chi connectivity index (χ2n) is 1.96. The minimum Gasteiger partial charge on any atom is -0.0622 e. The molecule has 0 spiro atoms. The fraction of sp³-hybridized carbons (Fsp3) is 0.143. The van der Waals surface area contributed by atoms with E-state index in [1.165, 1.54) is 11.6 Å². The first-order valence-electron chi connectivity index (χ1n) is 3.12. The van der Waals surface area contributed by atoms with Crippen molar-refractivity contribution in [2.24, 2.45) is 0 Å². The lowest BCUT2D eigenvalue weighted by molar-refractivity contribution is 1.40. The highest BCUT2D eigenvalue weighted by atomic mass is 29.5. The smallest absolute Gasteiger partial charge is 0.0238 e. The molecule has 0 N–H and O–H groups in total. The van der Waals surface area contributed by atoms with Crippen LogP contribution in [0.25, 0.3) is 0 Å². The molecule has 0 atom stereocenters. The number of rotatable bonds is 3. The fourth-order valence-electron chi connectivity index (χ4n) is 0.742. The summed E-state index contributed by atoms with van der Waals surface area (Å²) in [7, 11) is 5.44. The zero-order valence-corrected chi connectivity index (χ0v) is 8.59. The van der Waals surface area contributed by atoms with Gasteiger partial charge in [0.2, 0.25) is 0 Å². The molecule has 0 unspecified atom stereocenters. The molecule has 0 bridgehead atoms. The van der Waals surface area contributed by atoms with Gasteiger partial charge in [0.1, 0.15) is 0 Å². The van der Waals surface area contributed by atoms with Gasteiger partial charge in [0.15, 0.2) is 0 Å². The molecule has 7 radical (unpaired) electrons. The molecule has 1 aromatic rings. The summed E-state index contributed by atoms with van der Waals surface area (Å²) in [5.74, 6) is 0. The van der Waals surface area contributed by atoms with Crippen molar-refractivity contribution in [1.29, 1.82) is 0 Å². The molecule has 0 fully saturated rings. The van der Waals surface area contributed by atoms with Crippen LogP contribution in [0.15, 0.2) is 30.3 Å². The van der Waals surface area contributed by atoms with Gasteiger partial charge in [-0.3, -0.25) is 0 Å². The fourth-order valence-corrected chi connectivity index (χ4v) is 2.94.